The van der Waals surface area contributed by atoms with Crippen LogP contribution in [0.2, 0.25) is 0 Å². The van der Waals surface area contributed by atoms with Crippen molar-refractivity contribution in [2.45, 2.75) is 25.4 Å². The van der Waals surface area contributed by atoms with E-state index < -0.39 is 6.04 Å². The molecular formula is C13H12N2O2S. The predicted octanol–water partition coefficient (Wildman–Crippen LogP) is 1.25. The van der Waals surface area contributed by atoms with E-state index in [1.54, 1.807) is 4.90 Å². The van der Waals surface area contributed by atoms with E-state index in [0.717, 1.165) is 5.56 Å². The van der Waals surface area contributed by atoms with Crippen LogP contribution < -0.4 is 5.32 Å². The number of benzene rings is 1. The van der Waals surface area contributed by atoms with Gasteiger partial charge in [-0.05, 0) is 18.1 Å². The maximum Gasteiger partial charge on any atom is 0.255 e. The fraction of sp³-hybridized carbons (Fsp3) is 0.308. The minimum absolute atomic E-state index is 0.0569. The molecule has 2 heterocycles. The lowest BCUT2D eigenvalue weighted by Crippen LogP contribution is -2.52. The number of piperidine rings is 1. The molecule has 0 saturated carbocycles. The van der Waals surface area contributed by atoms with Gasteiger partial charge in [0.1, 0.15) is 6.04 Å². The molecule has 0 aromatic heterocycles. The SMILES string of the molecule is O=C1NC(=S)CCC1N1Cc2ccccc2C1=O. The van der Waals surface area contributed by atoms with Crippen LogP contribution in [-0.2, 0) is 11.3 Å². The van der Waals surface area contributed by atoms with E-state index in [4.69, 9.17) is 12.2 Å². The van der Waals surface area contributed by atoms with Crippen LogP contribution in [-0.4, -0.2) is 27.7 Å². The average Bonchev–Trinajstić information content (AvgIpc) is 2.68. The summed E-state index contributed by atoms with van der Waals surface area (Å²) in [7, 11) is 0. The molecular weight excluding hydrogens is 248 g/mol. The number of thiocarbonyl (C=S) groups is 1. The maximum absolute atomic E-state index is 12.2. The van der Waals surface area contributed by atoms with Crippen molar-refractivity contribution in [3.8, 4) is 0 Å². The normalized spacial score (nSPS) is 23.0. The molecule has 1 unspecified atom stereocenters. The van der Waals surface area contributed by atoms with Crippen LogP contribution in [0.15, 0.2) is 24.3 Å². The second-order valence-electron chi connectivity index (χ2n) is 4.56. The molecule has 92 valence electrons. The van der Waals surface area contributed by atoms with Gasteiger partial charge in [0, 0.05) is 18.5 Å². The Hall–Kier alpha value is -1.75. The zero-order chi connectivity index (χ0) is 12.7. The van der Waals surface area contributed by atoms with Crippen molar-refractivity contribution in [3.63, 3.8) is 0 Å². The Labute approximate surface area is 110 Å². The molecule has 1 aromatic carbocycles. The van der Waals surface area contributed by atoms with Gasteiger partial charge in [-0.3, -0.25) is 9.59 Å². The number of fused-ring (bicyclic) bond motifs is 1. The number of carbonyl (C=O) groups is 2. The third kappa shape index (κ3) is 1.71. The van der Waals surface area contributed by atoms with E-state index in [1.165, 1.54) is 0 Å². The second-order valence-corrected chi connectivity index (χ2v) is 5.05. The van der Waals surface area contributed by atoms with Crippen molar-refractivity contribution in [1.82, 2.24) is 10.2 Å². The summed E-state index contributed by atoms with van der Waals surface area (Å²) in [5.41, 5.74) is 1.70. The zero-order valence-corrected chi connectivity index (χ0v) is 10.5. The summed E-state index contributed by atoms with van der Waals surface area (Å²) in [6.07, 6.45) is 1.27. The van der Waals surface area contributed by atoms with E-state index in [2.05, 4.69) is 5.32 Å². The first-order valence-corrected chi connectivity index (χ1v) is 6.30. The third-order valence-electron chi connectivity index (χ3n) is 3.44. The van der Waals surface area contributed by atoms with Crippen LogP contribution in [0.3, 0.4) is 0 Å². The number of hydrogen-bond donors (Lipinski definition) is 1. The van der Waals surface area contributed by atoms with Crippen molar-refractivity contribution >= 4 is 29.0 Å². The monoisotopic (exact) mass is 260 g/mol. The van der Waals surface area contributed by atoms with Gasteiger partial charge in [0.25, 0.3) is 5.91 Å². The highest BCUT2D eigenvalue weighted by molar-refractivity contribution is 7.80. The summed E-state index contributed by atoms with van der Waals surface area (Å²) in [5.74, 6) is -0.217. The Morgan fingerprint density at radius 1 is 1.28 bits per heavy atom. The predicted molar refractivity (Wildman–Crippen MR) is 70.1 cm³/mol. The van der Waals surface area contributed by atoms with Gasteiger partial charge in [0.05, 0.1) is 4.99 Å². The van der Waals surface area contributed by atoms with Crippen LogP contribution in [0.5, 0.6) is 0 Å². The number of carbonyl (C=O) groups excluding carboxylic acids is 2. The van der Waals surface area contributed by atoms with Crippen LogP contribution in [0, 0.1) is 0 Å². The molecule has 0 aliphatic carbocycles. The van der Waals surface area contributed by atoms with Gasteiger partial charge in [-0.1, -0.05) is 30.4 Å². The number of rotatable bonds is 1. The molecule has 2 aliphatic rings. The smallest absolute Gasteiger partial charge is 0.255 e. The molecule has 2 aliphatic heterocycles. The summed E-state index contributed by atoms with van der Waals surface area (Å²) in [4.78, 5) is 26.3. The molecule has 18 heavy (non-hydrogen) atoms. The fourth-order valence-electron chi connectivity index (χ4n) is 2.51. The highest BCUT2D eigenvalue weighted by atomic mass is 32.1. The number of nitrogens with one attached hydrogen (secondary N) is 1. The van der Waals surface area contributed by atoms with E-state index in [-0.39, 0.29) is 11.8 Å². The van der Waals surface area contributed by atoms with Gasteiger partial charge in [-0.2, -0.15) is 0 Å². The van der Waals surface area contributed by atoms with E-state index in [0.29, 0.717) is 29.9 Å². The molecule has 1 fully saturated rings. The highest BCUT2D eigenvalue weighted by Gasteiger charge is 2.37. The highest BCUT2D eigenvalue weighted by Crippen LogP contribution is 2.26. The minimum Gasteiger partial charge on any atom is -0.322 e. The summed E-state index contributed by atoms with van der Waals surface area (Å²) >= 11 is 4.97. The van der Waals surface area contributed by atoms with Crippen molar-refractivity contribution in [3.05, 3.63) is 35.4 Å². The van der Waals surface area contributed by atoms with Gasteiger partial charge in [0.2, 0.25) is 5.91 Å². The van der Waals surface area contributed by atoms with Gasteiger partial charge < -0.3 is 10.2 Å². The Morgan fingerprint density at radius 2 is 2.06 bits per heavy atom. The molecule has 1 aromatic rings. The topological polar surface area (TPSA) is 49.4 Å². The van der Waals surface area contributed by atoms with Gasteiger partial charge >= 0.3 is 0 Å². The number of nitrogens with zero attached hydrogens (tertiary/aromatic N) is 1. The zero-order valence-electron chi connectivity index (χ0n) is 9.68. The first-order chi connectivity index (χ1) is 8.66. The molecule has 0 spiro atoms. The Morgan fingerprint density at radius 3 is 2.78 bits per heavy atom. The molecule has 1 saturated heterocycles. The van der Waals surface area contributed by atoms with Gasteiger partial charge in [0.15, 0.2) is 0 Å². The molecule has 0 bridgehead atoms. The third-order valence-corrected chi connectivity index (χ3v) is 3.74. The van der Waals surface area contributed by atoms with Gasteiger partial charge in [-0.25, -0.2) is 0 Å². The van der Waals surface area contributed by atoms with Crippen molar-refractivity contribution in [2.75, 3.05) is 0 Å². The largest absolute Gasteiger partial charge is 0.322 e. The molecule has 0 radical (unpaired) electrons. The lowest BCUT2D eigenvalue weighted by molar-refractivity contribution is -0.125. The van der Waals surface area contributed by atoms with E-state index >= 15 is 0 Å². The Balaban J connectivity index is 1.86. The van der Waals surface area contributed by atoms with Crippen molar-refractivity contribution in [2.24, 2.45) is 0 Å². The first-order valence-electron chi connectivity index (χ1n) is 5.89. The maximum atomic E-state index is 12.2. The van der Waals surface area contributed by atoms with Crippen LogP contribution in [0.1, 0.15) is 28.8 Å². The molecule has 1 atom stereocenters. The van der Waals surface area contributed by atoms with E-state index in [9.17, 15) is 9.59 Å². The Bertz CT molecular complexity index is 556. The fourth-order valence-corrected chi connectivity index (χ4v) is 2.73. The summed E-state index contributed by atoms with van der Waals surface area (Å²) in [6, 6.07) is 7.10. The second kappa shape index (κ2) is 4.17. The molecule has 3 rings (SSSR count). The molecule has 4 nitrogen and oxygen atoms in total. The molecule has 2 amide bonds. The number of amides is 2. The van der Waals surface area contributed by atoms with Crippen LogP contribution >= 0.6 is 12.2 Å². The van der Waals surface area contributed by atoms with Crippen LogP contribution in [0.25, 0.3) is 0 Å². The number of hydrogen-bond acceptors (Lipinski definition) is 3. The van der Waals surface area contributed by atoms with E-state index in [1.807, 2.05) is 24.3 Å². The summed E-state index contributed by atoms with van der Waals surface area (Å²) < 4.78 is 0. The minimum atomic E-state index is -0.392. The molecule has 5 heteroatoms. The lowest BCUT2D eigenvalue weighted by Gasteiger charge is -2.30. The average molecular weight is 260 g/mol. The Kier molecular flexibility index (Phi) is 2.63. The first kappa shape index (κ1) is 11.3. The standard InChI is InChI=1S/C13H12N2O2S/c16-12-10(5-6-11(18)14-12)15-7-8-3-1-2-4-9(8)13(15)17/h1-4,10H,5-7H2,(H,14,16,18). The summed E-state index contributed by atoms with van der Waals surface area (Å²) in [6.45, 7) is 0.514. The summed E-state index contributed by atoms with van der Waals surface area (Å²) in [5, 5.41) is 2.65. The van der Waals surface area contributed by atoms with Crippen molar-refractivity contribution < 1.29 is 9.59 Å². The molecule has 1 N–H and O–H groups in total. The van der Waals surface area contributed by atoms with Gasteiger partial charge in [-0.15, -0.1) is 0 Å². The van der Waals surface area contributed by atoms with Crippen molar-refractivity contribution in [1.29, 1.82) is 0 Å². The lowest BCUT2D eigenvalue weighted by atomic mass is 10.1. The quantitative estimate of drug-likeness (QED) is 0.773. The van der Waals surface area contributed by atoms with Crippen LogP contribution in [0.4, 0.5) is 0 Å².